The zero-order chi connectivity index (χ0) is 17.1. The van der Waals surface area contributed by atoms with Crippen LogP contribution in [0, 0.1) is 0 Å². The molecule has 0 fully saturated rings. The van der Waals surface area contributed by atoms with Crippen molar-refractivity contribution in [2.24, 2.45) is 0 Å². The molecule has 0 N–H and O–H groups in total. The number of rotatable bonds is 5. The molecular weight excluding hydrogens is 336 g/mol. The van der Waals surface area contributed by atoms with Gasteiger partial charge >= 0.3 is 0 Å². The lowest BCUT2D eigenvalue weighted by molar-refractivity contribution is 0.102. The smallest absolute Gasteiger partial charge is 0.169 e. The largest absolute Gasteiger partial charge is 0.497 e. The normalized spacial score (nSPS) is 10.6. The van der Waals surface area contributed by atoms with Crippen molar-refractivity contribution in [3.8, 4) is 27.3 Å². The quantitative estimate of drug-likeness (QED) is 0.414. The number of methoxy groups -OCH3 is 1. The van der Waals surface area contributed by atoms with Gasteiger partial charge in [-0.3, -0.25) is 4.79 Å². The summed E-state index contributed by atoms with van der Waals surface area (Å²) in [6, 6.07) is 18.4. The van der Waals surface area contributed by atoms with E-state index in [1.54, 1.807) is 37.1 Å². The van der Waals surface area contributed by atoms with Crippen molar-refractivity contribution in [3.63, 3.8) is 0 Å². The monoisotopic (exact) mass is 354 g/mol. The fourth-order valence-corrected chi connectivity index (χ4v) is 4.00. The van der Waals surface area contributed by atoms with Gasteiger partial charge in [-0.05, 0) is 66.8 Å². The summed E-state index contributed by atoms with van der Waals surface area (Å²) in [5.74, 6) is 0.926. The van der Waals surface area contributed by atoms with Crippen molar-refractivity contribution in [1.29, 1.82) is 0 Å². The number of hydrogen-bond donors (Lipinski definition) is 0. The Labute approximate surface area is 150 Å². The molecule has 0 spiro atoms. The molecular formula is C20H18O2S2. The van der Waals surface area contributed by atoms with E-state index in [-0.39, 0.29) is 5.78 Å². The van der Waals surface area contributed by atoms with E-state index in [0.717, 1.165) is 32.2 Å². The van der Waals surface area contributed by atoms with Crippen molar-refractivity contribution in [3.05, 3.63) is 59.5 Å². The number of benzene rings is 2. The molecule has 0 aliphatic carbocycles. The lowest BCUT2D eigenvalue weighted by atomic mass is 10.0. The molecule has 0 amide bonds. The van der Waals surface area contributed by atoms with Crippen LogP contribution < -0.4 is 4.74 Å². The third kappa shape index (κ3) is 3.40. The van der Waals surface area contributed by atoms with E-state index in [1.165, 1.54) is 4.90 Å². The van der Waals surface area contributed by atoms with Crippen LogP contribution in [0.4, 0.5) is 0 Å². The topological polar surface area (TPSA) is 26.3 Å². The molecule has 122 valence electrons. The summed E-state index contributed by atoms with van der Waals surface area (Å²) in [7, 11) is 1.66. The van der Waals surface area contributed by atoms with Gasteiger partial charge in [0.1, 0.15) is 5.75 Å². The Morgan fingerprint density at radius 2 is 1.62 bits per heavy atom. The van der Waals surface area contributed by atoms with Crippen LogP contribution in [0.1, 0.15) is 16.6 Å². The first-order chi connectivity index (χ1) is 11.6. The number of carbonyl (C=O) groups excluding carboxylic acids is 1. The number of thiophene rings is 1. The first-order valence-electron chi connectivity index (χ1n) is 7.56. The van der Waals surface area contributed by atoms with Crippen molar-refractivity contribution in [1.82, 2.24) is 0 Å². The average Bonchev–Trinajstić information content (AvgIpc) is 3.07. The predicted molar refractivity (Wildman–Crippen MR) is 104 cm³/mol. The van der Waals surface area contributed by atoms with Gasteiger partial charge in [-0.25, -0.2) is 0 Å². The van der Waals surface area contributed by atoms with Crippen LogP contribution in [-0.4, -0.2) is 19.1 Å². The average molecular weight is 354 g/mol. The maximum atomic E-state index is 11.9. The van der Waals surface area contributed by atoms with Crippen LogP contribution in [0.2, 0.25) is 0 Å². The summed E-state index contributed by atoms with van der Waals surface area (Å²) in [6.07, 6.45) is 2.07. The zero-order valence-electron chi connectivity index (χ0n) is 13.8. The summed E-state index contributed by atoms with van der Waals surface area (Å²) in [5, 5.41) is 0. The number of ether oxygens (including phenoxy) is 1. The Morgan fingerprint density at radius 1 is 1.00 bits per heavy atom. The molecule has 0 radical (unpaired) electrons. The molecule has 2 aromatic carbocycles. The van der Waals surface area contributed by atoms with E-state index in [1.807, 2.05) is 30.3 Å². The van der Waals surface area contributed by atoms with Gasteiger partial charge in [0.25, 0.3) is 0 Å². The second-order valence-electron chi connectivity index (χ2n) is 5.37. The number of carbonyl (C=O) groups is 1. The van der Waals surface area contributed by atoms with E-state index in [0.29, 0.717) is 0 Å². The van der Waals surface area contributed by atoms with Gasteiger partial charge in [0.2, 0.25) is 0 Å². The van der Waals surface area contributed by atoms with Gasteiger partial charge in [-0.1, -0.05) is 12.1 Å². The Balaban J connectivity index is 2.10. The van der Waals surface area contributed by atoms with Crippen molar-refractivity contribution in [2.45, 2.75) is 11.8 Å². The highest BCUT2D eigenvalue weighted by Crippen LogP contribution is 2.40. The summed E-state index contributed by atoms with van der Waals surface area (Å²) < 4.78 is 5.24. The van der Waals surface area contributed by atoms with E-state index in [9.17, 15) is 4.79 Å². The third-order valence-electron chi connectivity index (χ3n) is 3.83. The zero-order valence-corrected chi connectivity index (χ0v) is 15.5. The molecule has 3 aromatic rings. The minimum atomic E-state index is 0.0988. The van der Waals surface area contributed by atoms with Gasteiger partial charge < -0.3 is 4.74 Å². The van der Waals surface area contributed by atoms with E-state index in [2.05, 4.69) is 30.5 Å². The molecule has 0 aliphatic rings. The summed E-state index contributed by atoms with van der Waals surface area (Å²) in [6.45, 7) is 1.62. The second kappa shape index (κ2) is 7.24. The Bertz CT molecular complexity index is 781. The maximum absolute atomic E-state index is 11.9. The van der Waals surface area contributed by atoms with Crippen LogP contribution in [0.15, 0.2) is 59.5 Å². The van der Waals surface area contributed by atoms with Crippen LogP contribution in [0.3, 0.4) is 0 Å². The van der Waals surface area contributed by atoms with Gasteiger partial charge in [-0.15, -0.1) is 23.1 Å². The van der Waals surface area contributed by atoms with Crippen LogP contribution >= 0.6 is 23.1 Å². The molecule has 0 atom stereocenters. The molecule has 1 heterocycles. The summed E-state index contributed by atoms with van der Waals surface area (Å²) in [4.78, 5) is 15.0. The first kappa shape index (κ1) is 16.8. The maximum Gasteiger partial charge on any atom is 0.169 e. The van der Waals surface area contributed by atoms with E-state index in [4.69, 9.17) is 4.74 Å². The molecule has 1 aromatic heterocycles. The van der Waals surface area contributed by atoms with Crippen molar-refractivity contribution in [2.75, 3.05) is 13.4 Å². The summed E-state index contributed by atoms with van der Waals surface area (Å²) >= 11 is 3.27. The molecule has 0 unspecified atom stereocenters. The molecule has 0 bridgehead atoms. The predicted octanol–water partition coefficient (Wildman–Crippen LogP) is 6.02. The Kier molecular flexibility index (Phi) is 5.07. The van der Waals surface area contributed by atoms with E-state index >= 15 is 0 Å². The highest BCUT2D eigenvalue weighted by atomic mass is 32.2. The number of hydrogen-bond acceptors (Lipinski definition) is 4. The van der Waals surface area contributed by atoms with E-state index < -0.39 is 0 Å². The molecule has 0 saturated carbocycles. The highest BCUT2D eigenvalue weighted by molar-refractivity contribution is 7.98. The molecule has 2 nitrogen and oxygen atoms in total. The van der Waals surface area contributed by atoms with Crippen LogP contribution in [-0.2, 0) is 0 Å². The van der Waals surface area contributed by atoms with Crippen molar-refractivity contribution < 1.29 is 9.53 Å². The standard InChI is InChI=1S/C20H18O2S2/c1-13(21)19-12-18(14-6-10-17(23-3)11-7-14)20(24-19)15-4-8-16(22-2)9-5-15/h4-12H,1-3H3. The van der Waals surface area contributed by atoms with Gasteiger partial charge in [0, 0.05) is 15.3 Å². The van der Waals surface area contributed by atoms with Crippen molar-refractivity contribution >= 4 is 28.9 Å². The molecule has 4 heteroatoms. The third-order valence-corrected chi connectivity index (χ3v) is 5.86. The molecule has 3 rings (SSSR count). The Hall–Kier alpha value is -2.04. The van der Waals surface area contributed by atoms with Gasteiger partial charge in [0.05, 0.1) is 12.0 Å². The van der Waals surface area contributed by atoms with Crippen LogP contribution in [0.25, 0.3) is 21.6 Å². The number of Topliss-reactive ketones (excluding diaryl/α,β-unsaturated/α-hetero) is 1. The molecule has 24 heavy (non-hydrogen) atoms. The minimum absolute atomic E-state index is 0.0988. The fourth-order valence-electron chi connectivity index (χ4n) is 2.51. The second-order valence-corrected chi connectivity index (χ2v) is 7.30. The molecule has 0 aliphatic heterocycles. The number of thioether (sulfide) groups is 1. The number of ketones is 1. The van der Waals surface area contributed by atoms with Gasteiger partial charge in [-0.2, -0.15) is 0 Å². The fraction of sp³-hybridized carbons (Fsp3) is 0.150. The highest BCUT2D eigenvalue weighted by Gasteiger charge is 2.15. The summed E-state index contributed by atoms with van der Waals surface area (Å²) in [5.41, 5.74) is 3.32. The van der Waals surface area contributed by atoms with Gasteiger partial charge in [0.15, 0.2) is 5.78 Å². The lowest BCUT2D eigenvalue weighted by Gasteiger charge is -2.06. The minimum Gasteiger partial charge on any atom is -0.497 e. The first-order valence-corrected chi connectivity index (χ1v) is 9.60. The SMILES string of the molecule is COc1ccc(-c2sc(C(C)=O)cc2-c2ccc(SC)cc2)cc1. The molecule has 0 saturated heterocycles. The van der Waals surface area contributed by atoms with Crippen LogP contribution in [0.5, 0.6) is 5.75 Å². The lowest BCUT2D eigenvalue weighted by Crippen LogP contribution is -1.84. The Morgan fingerprint density at radius 3 is 2.17 bits per heavy atom.